The molecule has 2 aromatic heterocycles. The fourth-order valence-electron chi connectivity index (χ4n) is 2.70. The molecule has 0 aliphatic rings. The van der Waals surface area contributed by atoms with Crippen LogP contribution in [0.3, 0.4) is 0 Å². The Morgan fingerprint density at radius 2 is 1.85 bits per heavy atom. The van der Waals surface area contributed by atoms with Crippen molar-refractivity contribution in [2.45, 2.75) is 26.8 Å². The molecular weight excluding hydrogens is 326 g/mol. The molecule has 134 valence electrons. The largest absolute Gasteiger partial charge is 0.394 e. The molecule has 0 amide bonds. The predicted octanol–water partition coefficient (Wildman–Crippen LogP) is 3.69. The minimum absolute atomic E-state index is 0.000314. The number of aryl methyl sites for hydroxylation is 2. The van der Waals surface area contributed by atoms with E-state index in [0.29, 0.717) is 11.8 Å². The number of nitrogens with zero attached hydrogens (tertiary/aromatic N) is 3. The number of rotatable bonds is 6. The maximum atomic E-state index is 9.30. The minimum atomic E-state index is -0.145. The molecular formula is C20H23N5O. The first kappa shape index (κ1) is 17.8. The van der Waals surface area contributed by atoms with Crippen LogP contribution in [-0.4, -0.2) is 32.7 Å². The van der Waals surface area contributed by atoms with Crippen LogP contribution in [0.15, 0.2) is 48.8 Å². The van der Waals surface area contributed by atoms with Crippen molar-refractivity contribution >= 4 is 17.5 Å². The predicted molar refractivity (Wildman–Crippen MR) is 105 cm³/mol. The highest BCUT2D eigenvalue weighted by Gasteiger charge is 2.10. The van der Waals surface area contributed by atoms with Gasteiger partial charge in [0.2, 0.25) is 5.95 Å². The zero-order valence-electron chi connectivity index (χ0n) is 15.2. The van der Waals surface area contributed by atoms with E-state index in [1.807, 2.05) is 25.1 Å². The molecule has 1 atom stereocenters. The molecule has 0 spiro atoms. The van der Waals surface area contributed by atoms with Gasteiger partial charge in [-0.25, -0.2) is 4.98 Å². The molecule has 0 saturated heterocycles. The Hall–Kier alpha value is -2.99. The molecule has 6 heteroatoms. The molecule has 26 heavy (non-hydrogen) atoms. The van der Waals surface area contributed by atoms with Gasteiger partial charge in [-0.3, -0.25) is 4.98 Å². The highest BCUT2D eigenvalue weighted by Crippen LogP contribution is 2.24. The normalized spacial score (nSPS) is 11.8. The number of hydrogen-bond donors (Lipinski definition) is 3. The average Bonchev–Trinajstić information content (AvgIpc) is 2.61. The summed E-state index contributed by atoms with van der Waals surface area (Å²) in [6.07, 6.45) is 3.49. The van der Waals surface area contributed by atoms with E-state index < -0.39 is 0 Å². The maximum absolute atomic E-state index is 9.30. The number of anilines is 3. The van der Waals surface area contributed by atoms with Crippen molar-refractivity contribution in [3.8, 4) is 11.3 Å². The van der Waals surface area contributed by atoms with E-state index in [-0.39, 0.29) is 12.6 Å². The van der Waals surface area contributed by atoms with Crippen LogP contribution in [0.25, 0.3) is 11.3 Å². The molecule has 3 N–H and O–H groups in total. The zero-order valence-corrected chi connectivity index (χ0v) is 15.2. The van der Waals surface area contributed by atoms with Gasteiger partial charge in [-0.2, -0.15) is 4.98 Å². The third kappa shape index (κ3) is 4.55. The second-order valence-corrected chi connectivity index (χ2v) is 6.43. The Kier molecular flexibility index (Phi) is 5.43. The Morgan fingerprint density at radius 3 is 2.50 bits per heavy atom. The van der Waals surface area contributed by atoms with Gasteiger partial charge in [-0.05, 0) is 56.2 Å². The van der Waals surface area contributed by atoms with Crippen molar-refractivity contribution in [1.82, 2.24) is 15.0 Å². The molecule has 3 aromatic rings. The quantitative estimate of drug-likeness (QED) is 0.629. The molecule has 0 saturated carbocycles. The van der Waals surface area contributed by atoms with E-state index in [0.717, 1.165) is 16.9 Å². The summed E-state index contributed by atoms with van der Waals surface area (Å²) in [5.41, 5.74) is 4.99. The average molecular weight is 349 g/mol. The Bertz CT molecular complexity index is 862. The van der Waals surface area contributed by atoms with Gasteiger partial charge < -0.3 is 15.7 Å². The summed E-state index contributed by atoms with van der Waals surface area (Å²) in [4.78, 5) is 13.3. The molecule has 0 fully saturated rings. The van der Waals surface area contributed by atoms with Crippen molar-refractivity contribution in [1.29, 1.82) is 0 Å². The summed E-state index contributed by atoms with van der Waals surface area (Å²) in [5.74, 6) is 1.14. The highest BCUT2D eigenvalue weighted by atomic mass is 16.3. The van der Waals surface area contributed by atoms with Crippen molar-refractivity contribution in [2.75, 3.05) is 17.2 Å². The van der Waals surface area contributed by atoms with Crippen LogP contribution in [0.1, 0.15) is 18.1 Å². The third-order valence-corrected chi connectivity index (χ3v) is 3.83. The molecule has 1 aromatic carbocycles. The maximum Gasteiger partial charge on any atom is 0.225 e. The number of hydrogen-bond acceptors (Lipinski definition) is 6. The van der Waals surface area contributed by atoms with Gasteiger partial charge in [0.1, 0.15) is 5.82 Å². The summed E-state index contributed by atoms with van der Waals surface area (Å²) in [5, 5.41) is 15.8. The lowest BCUT2D eigenvalue weighted by Crippen LogP contribution is -2.21. The third-order valence-electron chi connectivity index (χ3n) is 3.83. The first-order valence-corrected chi connectivity index (χ1v) is 8.55. The van der Waals surface area contributed by atoms with Crippen LogP contribution >= 0.6 is 0 Å². The Balaban J connectivity index is 1.98. The summed E-state index contributed by atoms with van der Waals surface area (Å²) in [6.45, 7) is 6.00. The number of nitrogens with one attached hydrogen (secondary N) is 2. The molecule has 6 nitrogen and oxygen atoms in total. The lowest BCUT2D eigenvalue weighted by atomic mass is 10.1. The number of pyridine rings is 1. The van der Waals surface area contributed by atoms with Crippen LogP contribution in [0.5, 0.6) is 0 Å². The summed E-state index contributed by atoms with van der Waals surface area (Å²) < 4.78 is 0. The van der Waals surface area contributed by atoms with Crippen molar-refractivity contribution in [3.05, 3.63) is 59.9 Å². The van der Waals surface area contributed by atoms with E-state index in [1.54, 1.807) is 12.4 Å². The fraction of sp³-hybridized carbons (Fsp3) is 0.250. The first-order valence-electron chi connectivity index (χ1n) is 8.55. The van der Waals surface area contributed by atoms with Gasteiger partial charge in [-0.15, -0.1) is 0 Å². The molecule has 0 bridgehead atoms. The van der Waals surface area contributed by atoms with Gasteiger partial charge in [0, 0.05) is 35.8 Å². The highest BCUT2D eigenvalue weighted by molar-refractivity contribution is 5.67. The standard InChI is InChI=1S/C20H23N5O/c1-13-7-14(2)9-17(8-13)23-19-10-18(16-5-4-6-21-11-16)24-20(25-19)22-15(3)12-26/h4-11,15,26H,12H2,1-3H3,(H2,22,23,24,25)/t15-/m1/s1. The summed E-state index contributed by atoms with van der Waals surface area (Å²) in [6, 6.07) is 11.8. The van der Waals surface area contributed by atoms with E-state index >= 15 is 0 Å². The smallest absolute Gasteiger partial charge is 0.225 e. The van der Waals surface area contributed by atoms with Crippen LogP contribution < -0.4 is 10.6 Å². The van der Waals surface area contributed by atoms with E-state index in [1.165, 1.54) is 11.1 Å². The van der Waals surface area contributed by atoms with Crippen LogP contribution in [0.4, 0.5) is 17.5 Å². The molecule has 0 radical (unpaired) electrons. The van der Waals surface area contributed by atoms with Gasteiger partial charge in [-0.1, -0.05) is 6.07 Å². The topological polar surface area (TPSA) is 83.0 Å². The van der Waals surface area contributed by atoms with Crippen LogP contribution in [-0.2, 0) is 0 Å². The SMILES string of the molecule is Cc1cc(C)cc(Nc2cc(-c3cccnc3)nc(N[C@H](C)CO)n2)c1. The first-order chi connectivity index (χ1) is 12.5. The fourth-order valence-corrected chi connectivity index (χ4v) is 2.70. The zero-order chi connectivity index (χ0) is 18.5. The van der Waals surface area contributed by atoms with E-state index in [9.17, 15) is 5.11 Å². The second kappa shape index (κ2) is 7.93. The number of aliphatic hydroxyl groups is 1. The molecule has 2 heterocycles. The Morgan fingerprint density at radius 1 is 1.08 bits per heavy atom. The van der Waals surface area contributed by atoms with Gasteiger partial charge in [0.05, 0.1) is 12.3 Å². The Labute approximate surface area is 153 Å². The molecule has 0 unspecified atom stereocenters. The minimum Gasteiger partial charge on any atom is -0.394 e. The monoisotopic (exact) mass is 349 g/mol. The lowest BCUT2D eigenvalue weighted by Gasteiger charge is -2.14. The van der Waals surface area contributed by atoms with Crippen LogP contribution in [0.2, 0.25) is 0 Å². The second-order valence-electron chi connectivity index (χ2n) is 6.43. The van der Waals surface area contributed by atoms with Gasteiger partial charge in [0.15, 0.2) is 0 Å². The number of aliphatic hydroxyl groups excluding tert-OH is 1. The van der Waals surface area contributed by atoms with Gasteiger partial charge in [0.25, 0.3) is 0 Å². The van der Waals surface area contributed by atoms with Crippen molar-refractivity contribution in [2.24, 2.45) is 0 Å². The number of benzene rings is 1. The van der Waals surface area contributed by atoms with Crippen LogP contribution in [0, 0.1) is 13.8 Å². The van der Waals surface area contributed by atoms with E-state index in [2.05, 4.69) is 57.6 Å². The van der Waals surface area contributed by atoms with Crippen molar-refractivity contribution in [3.63, 3.8) is 0 Å². The lowest BCUT2D eigenvalue weighted by molar-refractivity contribution is 0.281. The molecule has 0 aliphatic heterocycles. The van der Waals surface area contributed by atoms with Gasteiger partial charge >= 0.3 is 0 Å². The summed E-state index contributed by atoms with van der Waals surface area (Å²) in [7, 11) is 0. The molecule has 0 aliphatic carbocycles. The van der Waals surface area contributed by atoms with Crippen molar-refractivity contribution < 1.29 is 5.11 Å². The number of aromatic nitrogens is 3. The van der Waals surface area contributed by atoms with E-state index in [4.69, 9.17) is 0 Å². The summed E-state index contributed by atoms with van der Waals surface area (Å²) >= 11 is 0. The molecule has 3 rings (SSSR count).